The van der Waals surface area contributed by atoms with Crippen molar-refractivity contribution in [1.29, 1.82) is 0 Å². The zero-order valence-corrected chi connectivity index (χ0v) is 14.4. The molecule has 0 bridgehead atoms. The highest BCUT2D eigenvalue weighted by molar-refractivity contribution is 5.42. The number of fused-ring (bicyclic) bond motifs is 3. The molecule has 0 radical (unpaired) electrons. The topological polar surface area (TPSA) is 40.5 Å². The van der Waals surface area contributed by atoms with Gasteiger partial charge in [0.2, 0.25) is 0 Å². The standard InChI is InChI=1S/C20H30O2/c1-18(2,22)15-7-8-16-14(12-15)6-9-17-19(3,13-21)10-5-11-20(16,17)4/h7-8,12,17,21-22H,5-6,9-11,13H2,1-4H3/t17-,19+,20+/m0/s1. The van der Waals surface area contributed by atoms with Gasteiger partial charge >= 0.3 is 0 Å². The molecule has 1 fully saturated rings. The largest absolute Gasteiger partial charge is 0.396 e. The third kappa shape index (κ3) is 2.32. The second-order valence-electron chi connectivity index (χ2n) is 8.61. The molecule has 3 atom stereocenters. The van der Waals surface area contributed by atoms with E-state index in [2.05, 4.69) is 32.0 Å². The Kier molecular flexibility index (Phi) is 3.69. The molecule has 22 heavy (non-hydrogen) atoms. The Morgan fingerprint density at radius 3 is 2.59 bits per heavy atom. The van der Waals surface area contributed by atoms with Crippen molar-refractivity contribution in [3.63, 3.8) is 0 Å². The molecule has 0 spiro atoms. The number of rotatable bonds is 2. The molecule has 0 heterocycles. The molecule has 1 aromatic carbocycles. The van der Waals surface area contributed by atoms with Crippen molar-refractivity contribution in [2.75, 3.05) is 6.61 Å². The molecule has 3 rings (SSSR count). The summed E-state index contributed by atoms with van der Waals surface area (Å²) in [5.41, 5.74) is 3.31. The van der Waals surface area contributed by atoms with E-state index in [1.54, 1.807) is 0 Å². The Hall–Kier alpha value is -0.860. The van der Waals surface area contributed by atoms with Gasteiger partial charge in [0.05, 0.1) is 5.60 Å². The van der Waals surface area contributed by atoms with Crippen molar-refractivity contribution in [3.05, 3.63) is 34.9 Å². The average Bonchev–Trinajstić information content (AvgIpc) is 2.45. The Balaban J connectivity index is 2.06. The minimum atomic E-state index is -0.779. The van der Waals surface area contributed by atoms with Crippen LogP contribution >= 0.6 is 0 Å². The van der Waals surface area contributed by atoms with E-state index in [-0.39, 0.29) is 10.8 Å². The lowest BCUT2D eigenvalue weighted by Gasteiger charge is -2.55. The molecule has 2 heteroatoms. The summed E-state index contributed by atoms with van der Waals surface area (Å²) in [7, 11) is 0. The number of benzene rings is 1. The van der Waals surface area contributed by atoms with Crippen LogP contribution in [0.5, 0.6) is 0 Å². The van der Waals surface area contributed by atoms with Crippen LogP contribution in [0.25, 0.3) is 0 Å². The van der Waals surface area contributed by atoms with E-state index in [0.29, 0.717) is 12.5 Å². The predicted molar refractivity (Wildman–Crippen MR) is 89.9 cm³/mol. The lowest BCUT2D eigenvalue weighted by molar-refractivity contribution is -0.0179. The van der Waals surface area contributed by atoms with Crippen molar-refractivity contribution in [2.24, 2.45) is 11.3 Å². The summed E-state index contributed by atoms with van der Waals surface area (Å²) in [6, 6.07) is 6.55. The molecule has 1 saturated carbocycles. The third-order valence-electron chi connectivity index (χ3n) is 6.54. The molecular formula is C20H30O2. The number of hydrogen-bond acceptors (Lipinski definition) is 2. The van der Waals surface area contributed by atoms with Crippen LogP contribution in [0.1, 0.15) is 70.1 Å². The van der Waals surface area contributed by atoms with Crippen LogP contribution in [0.15, 0.2) is 18.2 Å². The van der Waals surface area contributed by atoms with Gasteiger partial charge in [-0.2, -0.15) is 0 Å². The molecule has 0 aliphatic heterocycles. The van der Waals surface area contributed by atoms with E-state index in [4.69, 9.17) is 0 Å². The van der Waals surface area contributed by atoms with E-state index in [1.807, 2.05) is 13.8 Å². The van der Waals surface area contributed by atoms with Crippen LogP contribution < -0.4 is 0 Å². The Labute approximate surface area is 134 Å². The van der Waals surface area contributed by atoms with Gasteiger partial charge in [-0.05, 0) is 73.0 Å². The molecule has 2 aliphatic carbocycles. The van der Waals surface area contributed by atoms with Gasteiger partial charge in [-0.25, -0.2) is 0 Å². The maximum atomic E-state index is 10.3. The molecule has 0 amide bonds. The van der Waals surface area contributed by atoms with Gasteiger partial charge in [0.1, 0.15) is 0 Å². The second-order valence-corrected chi connectivity index (χ2v) is 8.61. The van der Waals surface area contributed by atoms with Crippen molar-refractivity contribution in [1.82, 2.24) is 0 Å². The number of aryl methyl sites for hydroxylation is 1. The first-order valence-corrected chi connectivity index (χ1v) is 8.68. The summed E-state index contributed by atoms with van der Waals surface area (Å²) in [5, 5.41) is 20.2. The molecule has 1 aromatic rings. The van der Waals surface area contributed by atoms with E-state index in [0.717, 1.165) is 24.8 Å². The van der Waals surface area contributed by atoms with E-state index in [1.165, 1.54) is 24.0 Å². The number of hydrogen-bond donors (Lipinski definition) is 2. The number of aliphatic hydroxyl groups excluding tert-OH is 1. The maximum Gasteiger partial charge on any atom is 0.0840 e. The SMILES string of the molecule is CC(C)(O)c1ccc2c(c1)CC[C@H]1[C@@](C)(CO)CCC[C@]21C. The van der Waals surface area contributed by atoms with Crippen molar-refractivity contribution in [2.45, 2.75) is 70.8 Å². The molecule has 2 nitrogen and oxygen atoms in total. The third-order valence-corrected chi connectivity index (χ3v) is 6.54. The van der Waals surface area contributed by atoms with E-state index < -0.39 is 5.60 Å². The Morgan fingerprint density at radius 1 is 1.23 bits per heavy atom. The second kappa shape index (κ2) is 5.07. The highest BCUT2D eigenvalue weighted by Gasteiger charge is 2.51. The monoisotopic (exact) mass is 302 g/mol. The summed E-state index contributed by atoms with van der Waals surface area (Å²) >= 11 is 0. The van der Waals surface area contributed by atoms with Gasteiger partial charge in [0.25, 0.3) is 0 Å². The zero-order valence-electron chi connectivity index (χ0n) is 14.4. The first-order valence-electron chi connectivity index (χ1n) is 8.68. The van der Waals surface area contributed by atoms with Gasteiger partial charge in [-0.3, -0.25) is 0 Å². The Bertz CT molecular complexity index is 572. The van der Waals surface area contributed by atoms with Gasteiger partial charge in [0, 0.05) is 6.61 Å². The maximum absolute atomic E-state index is 10.3. The summed E-state index contributed by atoms with van der Waals surface area (Å²) < 4.78 is 0. The minimum absolute atomic E-state index is 0.0552. The molecular weight excluding hydrogens is 272 g/mol. The molecule has 0 aromatic heterocycles. The van der Waals surface area contributed by atoms with Crippen LogP contribution in [-0.4, -0.2) is 16.8 Å². The quantitative estimate of drug-likeness (QED) is 0.869. The highest BCUT2D eigenvalue weighted by atomic mass is 16.3. The first-order chi connectivity index (χ1) is 10.2. The molecule has 122 valence electrons. The van der Waals surface area contributed by atoms with Crippen LogP contribution in [0.4, 0.5) is 0 Å². The van der Waals surface area contributed by atoms with Gasteiger partial charge < -0.3 is 10.2 Å². The summed E-state index contributed by atoms with van der Waals surface area (Å²) in [4.78, 5) is 0. The highest BCUT2D eigenvalue weighted by Crippen LogP contribution is 2.57. The molecule has 2 N–H and O–H groups in total. The van der Waals surface area contributed by atoms with Crippen molar-refractivity contribution in [3.8, 4) is 0 Å². The summed E-state index contributed by atoms with van der Waals surface area (Å²) in [5.74, 6) is 0.555. The van der Waals surface area contributed by atoms with E-state index >= 15 is 0 Å². The first kappa shape index (κ1) is 16.0. The fourth-order valence-electron chi connectivity index (χ4n) is 5.19. The fraction of sp³-hybridized carbons (Fsp3) is 0.700. The van der Waals surface area contributed by atoms with Gasteiger partial charge in [-0.15, -0.1) is 0 Å². The zero-order chi connectivity index (χ0) is 16.2. The van der Waals surface area contributed by atoms with Crippen molar-refractivity contribution < 1.29 is 10.2 Å². The average molecular weight is 302 g/mol. The van der Waals surface area contributed by atoms with Crippen LogP contribution in [-0.2, 0) is 17.4 Å². The molecule has 2 aliphatic rings. The fourth-order valence-corrected chi connectivity index (χ4v) is 5.19. The molecule has 0 unspecified atom stereocenters. The van der Waals surface area contributed by atoms with Crippen LogP contribution in [0.3, 0.4) is 0 Å². The smallest absolute Gasteiger partial charge is 0.0840 e. The normalized spacial score (nSPS) is 34.9. The van der Waals surface area contributed by atoms with Crippen LogP contribution in [0.2, 0.25) is 0 Å². The Morgan fingerprint density at radius 2 is 1.95 bits per heavy atom. The van der Waals surface area contributed by atoms with Crippen LogP contribution in [0, 0.1) is 11.3 Å². The number of aliphatic hydroxyl groups is 2. The summed E-state index contributed by atoms with van der Waals surface area (Å²) in [6.45, 7) is 8.67. The summed E-state index contributed by atoms with van der Waals surface area (Å²) in [6.07, 6.45) is 5.75. The van der Waals surface area contributed by atoms with Crippen molar-refractivity contribution >= 4 is 0 Å². The van der Waals surface area contributed by atoms with Gasteiger partial charge in [0.15, 0.2) is 0 Å². The van der Waals surface area contributed by atoms with Gasteiger partial charge in [-0.1, -0.05) is 38.5 Å². The minimum Gasteiger partial charge on any atom is -0.396 e. The van der Waals surface area contributed by atoms with E-state index in [9.17, 15) is 10.2 Å². The molecule has 0 saturated heterocycles. The predicted octanol–water partition coefficient (Wildman–Crippen LogP) is 3.92. The lowest BCUT2D eigenvalue weighted by Crippen LogP contribution is -2.50. The lowest BCUT2D eigenvalue weighted by atomic mass is 9.50.